The Labute approximate surface area is 110 Å². The first-order chi connectivity index (χ1) is 8.15. The molecule has 0 aromatic heterocycles. The zero-order chi connectivity index (χ0) is 13.1. The molecule has 0 aliphatic heterocycles. The molecule has 0 bridgehead atoms. The van der Waals surface area contributed by atoms with Crippen LogP contribution in [0.1, 0.15) is 79.1 Å². The summed E-state index contributed by atoms with van der Waals surface area (Å²) in [4.78, 5) is 0. The van der Waals surface area contributed by atoms with Crippen molar-refractivity contribution < 1.29 is 0 Å². The summed E-state index contributed by atoms with van der Waals surface area (Å²) in [5.41, 5.74) is 0. The van der Waals surface area contributed by atoms with Crippen molar-refractivity contribution in [2.24, 2.45) is 17.8 Å². The van der Waals surface area contributed by atoms with Gasteiger partial charge in [0.2, 0.25) is 0 Å². The number of hydrogen-bond donors (Lipinski definition) is 0. The van der Waals surface area contributed by atoms with E-state index in [1.54, 1.807) is 0 Å². The number of allylic oxidation sites excluding steroid dienone is 1. The molecule has 102 valence electrons. The monoisotopic (exact) mass is 238 g/mol. The second-order valence-corrected chi connectivity index (χ2v) is 5.93. The fraction of sp³-hybridized carbons (Fsp3) is 0.882. The highest BCUT2D eigenvalue weighted by Crippen LogP contribution is 2.31. The first-order valence-electron chi connectivity index (χ1n) is 7.76. The molecule has 0 aliphatic rings. The standard InChI is InChI=1S/C17H34/c1-6-9-12-16(10-7-2)17(11-8-3)14-13-15(4)5/h6,15-17H,1,7-14H2,2-5H3. The Morgan fingerprint density at radius 3 is 1.76 bits per heavy atom. The molecule has 0 fully saturated rings. The van der Waals surface area contributed by atoms with Crippen LogP contribution in [0.3, 0.4) is 0 Å². The van der Waals surface area contributed by atoms with Crippen molar-refractivity contribution in [2.75, 3.05) is 0 Å². The van der Waals surface area contributed by atoms with Crippen LogP contribution in [0.5, 0.6) is 0 Å². The minimum absolute atomic E-state index is 0.857. The first kappa shape index (κ1) is 16.7. The van der Waals surface area contributed by atoms with Gasteiger partial charge < -0.3 is 0 Å². The van der Waals surface area contributed by atoms with Gasteiger partial charge >= 0.3 is 0 Å². The Kier molecular flexibility index (Phi) is 10.7. The fourth-order valence-electron chi connectivity index (χ4n) is 2.85. The molecule has 0 aliphatic carbocycles. The van der Waals surface area contributed by atoms with Crippen LogP contribution in [-0.2, 0) is 0 Å². The number of hydrogen-bond acceptors (Lipinski definition) is 0. The van der Waals surface area contributed by atoms with Crippen molar-refractivity contribution in [3.63, 3.8) is 0 Å². The smallest absolute Gasteiger partial charge is 0.0351 e. The average molecular weight is 238 g/mol. The lowest BCUT2D eigenvalue weighted by Gasteiger charge is -2.27. The van der Waals surface area contributed by atoms with E-state index in [1.807, 2.05) is 0 Å². The maximum absolute atomic E-state index is 3.87. The molecule has 0 spiro atoms. The van der Waals surface area contributed by atoms with Crippen molar-refractivity contribution in [1.29, 1.82) is 0 Å². The van der Waals surface area contributed by atoms with Crippen molar-refractivity contribution in [2.45, 2.75) is 79.1 Å². The Balaban J connectivity index is 4.28. The Morgan fingerprint density at radius 1 is 0.824 bits per heavy atom. The normalized spacial score (nSPS) is 14.9. The molecular formula is C17H34. The van der Waals surface area contributed by atoms with Crippen LogP contribution < -0.4 is 0 Å². The molecular weight excluding hydrogens is 204 g/mol. The maximum atomic E-state index is 3.87. The summed E-state index contributed by atoms with van der Waals surface area (Å²) in [6.07, 6.45) is 13.0. The summed E-state index contributed by atoms with van der Waals surface area (Å²) in [5.74, 6) is 2.76. The van der Waals surface area contributed by atoms with E-state index in [4.69, 9.17) is 0 Å². The molecule has 0 radical (unpaired) electrons. The quantitative estimate of drug-likeness (QED) is 0.375. The van der Waals surface area contributed by atoms with E-state index in [9.17, 15) is 0 Å². The largest absolute Gasteiger partial charge is 0.103 e. The van der Waals surface area contributed by atoms with Crippen LogP contribution in [-0.4, -0.2) is 0 Å². The van der Waals surface area contributed by atoms with Crippen LogP contribution in [0.4, 0.5) is 0 Å². The van der Waals surface area contributed by atoms with Gasteiger partial charge in [0.15, 0.2) is 0 Å². The lowest BCUT2D eigenvalue weighted by Crippen LogP contribution is -2.16. The van der Waals surface area contributed by atoms with Crippen LogP contribution in [0.25, 0.3) is 0 Å². The SMILES string of the molecule is C=CCCC(CCC)C(CCC)CCC(C)C. The van der Waals surface area contributed by atoms with E-state index >= 15 is 0 Å². The Bertz CT molecular complexity index is 169. The third-order valence-corrected chi connectivity index (χ3v) is 3.84. The van der Waals surface area contributed by atoms with Crippen molar-refractivity contribution in [3.8, 4) is 0 Å². The molecule has 0 heteroatoms. The van der Waals surface area contributed by atoms with E-state index in [-0.39, 0.29) is 0 Å². The van der Waals surface area contributed by atoms with Gasteiger partial charge in [-0.05, 0) is 37.0 Å². The van der Waals surface area contributed by atoms with Gasteiger partial charge in [0.25, 0.3) is 0 Å². The maximum Gasteiger partial charge on any atom is -0.0351 e. The third-order valence-electron chi connectivity index (χ3n) is 3.84. The van der Waals surface area contributed by atoms with E-state index in [0.717, 1.165) is 17.8 Å². The molecule has 0 saturated carbocycles. The van der Waals surface area contributed by atoms with Crippen molar-refractivity contribution >= 4 is 0 Å². The molecule has 0 rings (SSSR count). The minimum Gasteiger partial charge on any atom is -0.103 e. The van der Waals surface area contributed by atoms with Crippen LogP contribution >= 0.6 is 0 Å². The predicted octanol–water partition coefficient (Wildman–Crippen LogP) is 6.22. The van der Waals surface area contributed by atoms with E-state index < -0.39 is 0 Å². The second kappa shape index (κ2) is 10.9. The molecule has 2 atom stereocenters. The minimum atomic E-state index is 0.857. The van der Waals surface area contributed by atoms with E-state index in [2.05, 4.69) is 40.3 Å². The zero-order valence-electron chi connectivity index (χ0n) is 12.7. The van der Waals surface area contributed by atoms with Gasteiger partial charge in [0, 0.05) is 0 Å². The van der Waals surface area contributed by atoms with Gasteiger partial charge in [-0.1, -0.05) is 65.9 Å². The van der Waals surface area contributed by atoms with Crippen molar-refractivity contribution in [3.05, 3.63) is 12.7 Å². The summed E-state index contributed by atoms with van der Waals surface area (Å²) < 4.78 is 0. The number of rotatable bonds is 11. The Hall–Kier alpha value is -0.260. The van der Waals surface area contributed by atoms with Gasteiger partial charge in [0.1, 0.15) is 0 Å². The van der Waals surface area contributed by atoms with Crippen LogP contribution in [0.2, 0.25) is 0 Å². The zero-order valence-corrected chi connectivity index (χ0v) is 12.7. The average Bonchev–Trinajstić information content (AvgIpc) is 2.30. The van der Waals surface area contributed by atoms with E-state index in [1.165, 1.54) is 51.4 Å². The lowest BCUT2D eigenvalue weighted by atomic mass is 9.79. The first-order valence-corrected chi connectivity index (χ1v) is 7.76. The molecule has 0 heterocycles. The van der Waals surface area contributed by atoms with Crippen molar-refractivity contribution in [1.82, 2.24) is 0 Å². The highest BCUT2D eigenvalue weighted by molar-refractivity contribution is 4.75. The second-order valence-electron chi connectivity index (χ2n) is 5.93. The third kappa shape index (κ3) is 8.46. The molecule has 0 amide bonds. The van der Waals surface area contributed by atoms with Gasteiger partial charge in [-0.25, -0.2) is 0 Å². The predicted molar refractivity (Wildman–Crippen MR) is 80.3 cm³/mol. The lowest BCUT2D eigenvalue weighted by molar-refractivity contribution is 0.246. The highest BCUT2D eigenvalue weighted by atomic mass is 14.2. The molecule has 0 saturated heterocycles. The van der Waals surface area contributed by atoms with Gasteiger partial charge in [0.05, 0.1) is 0 Å². The summed E-state index contributed by atoms with van der Waals surface area (Å²) >= 11 is 0. The Morgan fingerprint density at radius 2 is 1.35 bits per heavy atom. The fourth-order valence-corrected chi connectivity index (χ4v) is 2.85. The van der Waals surface area contributed by atoms with Gasteiger partial charge in [-0.3, -0.25) is 0 Å². The van der Waals surface area contributed by atoms with Gasteiger partial charge in [-0.2, -0.15) is 0 Å². The summed E-state index contributed by atoms with van der Waals surface area (Å²) in [6.45, 7) is 13.2. The summed E-state index contributed by atoms with van der Waals surface area (Å²) in [7, 11) is 0. The molecule has 0 N–H and O–H groups in total. The molecule has 2 unspecified atom stereocenters. The van der Waals surface area contributed by atoms with E-state index in [0.29, 0.717) is 0 Å². The summed E-state index contributed by atoms with van der Waals surface area (Å²) in [5, 5.41) is 0. The van der Waals surface area contributed by atoms with Gasteiger partial charge in [-0.15, -0.1) is 6.58 Å². The highest BCUT2D eigenvalue weighted by Gasteiger charge is 2.19. The topological polar surface area (TPSA) is 0 Å². The molecule has 17 heavy (non-hydrogen) atoms. The molecule has 0 aromatic carbocycles. The molecule has 0 aromatic rings. The summed E-state index contributed by atoms with van der Waals surface area (Å²) in [6, 6.07) is 0. The van der Waals surface area contributed by atoms with Crippen LogP contribution in [0.15, 0.2) is 12.7 Å². The molecule has 0 nitrogen and oxygen atoms in total. The van der Waals surface area contributed by atoms with Crippen LogP contribution in [0, 0.1) is 17.8 Å².